The number of rotatable bonds is 6. The average molecular weight is 346 g/mol. The Morgan fingerprint density at radius 2 is 1.80 bits per heavy atom. The number of carbonyl (C=O) groups is 3. The number of aryl methyl sites for hydroxylation is 1. The Bertz CT molecular complexity index is 785. The smallest absolute Gasteiger partial charge is 0.355 e. The summed E-state index contributed by atoms with van der Waals surface area (Å²) in [5.74, 6) is -1.73. The minimum atomic E-state index is -0.717. The van der Waals surface area contributed by atoms with Crippen molar-refractivity contribution in [2.24, 2.45) is 0 Å². The highest BCUT2D eigenvalue weighted by molar-refractivity contribution is 6.00. The number of nitrogens with zero attached hydrogens (tertiary/aromatic N) is 2. The molecule has 2 heterocycles. The van der Waals surface area contributed by atoms with Crippen LogP contribution >= 0.6 is 0 Å². The van der Waals surface area contributed by atoms with Crippen molar-refractivity contribution in [3.63, 3.8) is 0 Å². The summed E-state index contributed by atoms with van der Waals surface area (Å²) in [6.07, 6.45) is 2.94. The van der Waals surface area contributed by atoms with Crippen LogP contribution in [0.3, 0.4) is 0 Å². The zero-order valence-corrected chi connectivity index (χ0v) is 14.1. The second-order valence-electron chi connectivity index (χ2n) is 5.04. The highest BCUT2D eigenvalue weighted by Gasteiger charge is 2.24. The molecule has 0 atom stereocenters. The topological polar surface area (TPSA) is 123 Å². The number of amides is 1. The molecule has 0 bridgehead atoms. The lowest BCUT2D eigenvalue weighted by molar-refractivity contribution is -0.119. The Morgan fingerprint density at radius 1 is 1.12 bits per heavy atom. The average Bonchev–Trinajstić information content (AvgIpc) is 2.88. The van der Waals surface area contributed by atoms with Crippen molar-refractivity contribution in [1.29, 1.82) is 0 Å². The molecule has 2 rings (SSSR count). The van der Waals surface area contributed by atoms with E-state index in [0.29, 0.717) is 11.3 Å². The van der Waals surface area contributed by atoms with E-state index < -0.39 is 24.5 Å². The van der Waals surface area contributed by atoms with Gasteiger partial charge in [0.05, 0.1) is 12.2 Å². The maximum Gasteiger partial charge on any atom is 0.355 e. The van der Waals surface area contributed by atoms with Crippen LogP contribution in [0.1, 0.15) is 39.0 Å². The fraction of sp³-hybridized carbons (Fsp3) is 0.312. The first-order valence-corrected chi connectivity index (χ1v) is 7.54. The summed E-state index contributed by atoms with van der Waals surface area (Å²) in [5.41, 5.74) is 1.25. The highest BCUT2D eigenvalue weighted by Crippen LogP contribution is 2.19. The van der Waals surface area contributed by atoms with Crippen LogP contribution in [0, 0.1) is 13.8 Å². The summed E-state index contributed by atoms with van der Waals surface area (Å²) in [7, 11) is 0. The van der Waals surface area contributed by atoms with E-state index in [1.807, 2.05) is 0 Å². The molecule has 0 saturated carbocycles. The molecule has 2 aromatic rings. The van der Waals surface area contributed by atoms with Gasteiger partial charge in [-0.25, -0.2) is 19.6 Å². The van der Waals surface area contributed by atoms with Crippen molar-refractivity contribution < 1.29 is 23.9 Å². The first-order chi connectivity index (χ1) is 11.9. The van der Waals surface area contributed by atoms with Crippen LogP contribution in [-0.2, 0) is 14.3 Å². The number of hydrogen-bond donors (Lipinski definition) is 2. The summed E-state index contributed by atoms with van der Waals surface area (Å²) < 4.78 is 9.92. The second-order valence-corrected chi connectivity index (χ2v) is 5.04. The lowest BCUT2D eigenvalue weighted by Crippen LogP contribution is -2.22. The third-order valence-electron chi connectivity index (χ3n) is 3.27. The van der Waals surface area contributed by atoms with Crippen molar-refractivity contribution in [1.82, 2.24) is 15.0 Å². The van der Waals surface area contributed by atoms with Gasteiger partial charge in [-0.2, -0.15) is 0 Å². The van der Waals surface area contributed by atoms with Crippen LogP contribution in [0.5, 0.6) is 0 Å². The van der Waals surface area contributed by atoms with Gasteiger partial charge in [0.1, 0.15) is 5.69 Å². The van der Waals surface area contributed by atoms with E-state index in [9.17, 15) is 14.4 Å². The van der Waals surface area contributed by atoms with Gasteiger partial charge in [0.2, 0.25) is 5.95 Å². The highest BCUT2D eigenvalue weighted by atomic mass is 16.5. The Morgan fingerprint density at radius 3 is 2.44 bits per heavy atom. The molecule has 25 heavy (non-hydrogen) atoms. The van der Waals surface area contributed by atoms with Gasteiger partial charge >= 0.3 is 11.9 Å². The Hall–Kier alpha value is -3.23. The van der Waals surface area contributed by atoms with E-state index in [1.54, 1.807) is 26.8 Å². The number of anilines is 1. The predicted octanol–water partition coefficient (Wildman–Crippen LogP) is 1.39. The zero-order chi connectivity index (χ0) is 18.4. The third kappa shape index (κ3) is 4.40. The van der Waals surface area contributed by atoms with Gasteiger partial charge in [-0.05, 0) is 32.4 Å². The first kappa shape index (κ1) is 18.1. The SMILES string of the molecule is CCOC(=O)c1[nH]c(C)c(C(=O)OCC(=O)Nc2ncccn2)c1C. The van der Waals surface area contributed by atoms with Crippen LogP contribution in [0.2, 0.25) is 0 Å². The summed E-state index contributed by atoms with van der Waals surface area (Å²) >= 11 is 0. The number of H-pyrrole nitrogens is 1. The summed E-state index contributed by atoms with van der Waals surface area (Å²) in [6.45, 7) is 4.63. The van der Waals surface area contributed by atoms with Crippen molar-refractivity contribution in [3.8, 4) is 0 Å². The Kier molecular flexibility index (Phi) is 5.83. The monoisotopic (exact) mass is 346 g/mol. The molecule has 2 aromatic heterocycles. The number of ether oxygens (including phenoxy) is 2. The van der Waals surface area contributed by atoms with Crippen molar-refractivity contribution in [2.75, 3.05) is 18.5 Å². The molecule has 0 saturated heterocycles. The molecular weight excluding hydrogens is 328 g/mol. The van der Waals surface area contributed by atoms with Crippen LogP contribution in [0.25, 0.3) is 0 Å². The zero-order valence-electron chi connectivity index (χ0n) is 14.1. The van der Waals surface area contributed by atoms with E-state index in [4.69, 9.17) is 9.47 Å². The number of aromatic nitrogens is 3. The fourth-order valence-corrected chi connectivity index (χ4v) is 2.19. The van der Waals surface area contributed by atoms with Gasteiger partial charge in [0, 0.05) is 18.1 Å². The maximum atomic E-state index is 12.2. The molecule has 9 nitrogen and oxygen atoms in total. The minimum absolute atomic E-state index is 0.113. The molecule has 1 amide bonds. The van der Waals surface area contributed by atoms with Crippen LogP contribution < -0.4 is 5.32 Å². The number of hydrogen-bond acceptors (Lipinski definition) is 7. The van der Waals surface area contributed by atoms with Gasteiger partial charge in [0.15, 0.2) is 6.61 Å². The lowest BCUT2D eigenvalue weighted by Gasteiger charge is -2.06. The van der Waals surface area contributed by atoms with E-state index in [1.165, 1.54) is 12.4 Å². The van der Waals surface area contributed by atoms with E-state index in [-0.39, 0.29) is 23.8 Å². The van der Waals surface area contributed by atoms with E-state index in [2.05, 4.69) is 20.3 Å². The number of aromatic amines is 1. The van der Waals surface area contributed by atoms with Gasteiger partial charge in [0.25, 0.3) is 5.91 Å². The molecule has 0 spiro atoms. The maximum absolute atomic E-state index is 12.2. The number of nitrogens with one attached hydrogen (secondary N) is 2. The normalized spacial score (nSPS) is 10.2. The Balaban J connectivity index is 2.01. The molecule has 0 aromatic carbocycles. The molecule has 0 unspecified atom stereocenters. The predicted molar refractivity (Wildman–Crippen MR) is 87.2 cm³/mol. The van der Waals surface area contributed by atoms with Gasteiger partial charge in [-0.3, -0.25) is 10.1 Å². The Labute approximate surface area is 143 Å². The lowest BCUT2D eigenvalue weighted by atomic mass is 10.1. The first-order valence-electron chi connectivity index (χ1n) is 7.54. The van der Waals surface area contributed by atoms with E-state index >= 15 is 0 Å². The minimum Gasteiger partial charge on any atom is -0.461 e. The van der Waals surface area contributed by atoms with Gasteiger partial charge in [-0.15, -0.1) is 0 Å². The molecule has 0 aliphatic carbocycles. The number of carbonyl (C=O) groups excluding carboxylic acids is 3. The molecular formula is C16H18N4O5. The second kappa shape index (κ2) is 8.04. The van der Waals surface area contributed by atoms with Crippen LogP contribution in [0.4, 0.5) is 5.95 Å². The summed E-state index contributed by atoms with van der Waals surface area (Å²) in [4.78, 5) is 46.3. The summed E-state index contributed by atoms with van der Waals surface area (Å²) in [6, 6.07) is 1.61. The fourth-order valence-electron chi connectivity index (χ4n) is 2.19. The van der Waals surface area contributed by atoms with Gasteiger partial charge in [-0.1, -0.05) is 0 Å². The van der Waals surface area contributed by atoms with Crippen molar-refractivity contribution >= 4 is 23.8 Å². The molecule has 132 valence electrons. The van der Waals surface area contributed by atoms with Gasteiger partial charge < -0.3 is 14.5 Å². The quantitative estimate of drug-likeness (QED) is 0.758. The van der Waals surface area contributed by atoms with Crippen molar-refractivity contribution in [2.45, 2.75) is 20.8 Å². The molecule has 0 radical (unpaired) electrons. The molecule has 2 N–H and O–H groups in total. The van der Waals surface area contributed by atoms with Crippen LogP contribution in [-0.4, -0.2) is 46.0 Å². The molecule has 0 fully saturated rings. The molecule has 9 heteroatoms. The van der Waals surface area contributed by atoms with Crippen molar-refractivity contribution in [3.05, 3.63) is 41.0 Å². The molecule has 0 aliphatic heterocycles. The number of esters is 2. The standard InChI is InChI=1S/C16H18N4O5/c1-4-24-15(23)13-9(2)12(10(3)19-13)14(22)25-8-11(21)20-16-17-6-5-7-18-16/h5-7,19H,4,8H2,1-3H3,(H,17,18,20,21). The van der Waals surface area contributed by atoms with E-state index in [0.717, 1.165) is 0 Å². The molecule has 0 aliphatic rings. The van der Waals surface area contributed by atoms with Crippen LogP contribution in [0.15, 0.2) is 18.5 Å². The third-order valence-corrected chi connectivity index (χ3v) is 3.27. The largest absolute Gasteiger partial charge is 0.461 e. The summed E-state index contributed by atoms with van der Waals surface area (Å²) in [5, 5.41) is 2.40.